The number of hydrogen-bond acceptors (Lipinski definition) is 1. The van der Waals surface area contributed by atoms with Gasteiger partial charge in [0.1, 0.15) is 12.5 Å². The highest BCUT2D eigenvalue weighted by Crippen LogP contribution is 2.41. The number of fused-ring (bicyclic) bond motifs is 3. The van der Waals surface area contributed by atoms with E-state index in [0.29, 0.717) is 24.0 Å². The first-order valence-corrected chi connectivity index (χ1v) is 8.78. The molecule has 1 heterocycles. The number of carbonyl (C=O) groups excluding carboxylic acids is 1. The zero-order valence-corrected chi connectivity index (χ0v) is 14.3. The molecule has 1 atom stereocenters. The Kier molecular flexibility index (Phi) is 4.88. The van der Waals surface area contributed by atoms with Gasteiger partial charge >= 0.3 is 0 Å². The number of carbonyl (C=O) groups is 1. The van der Waals surface area contributed by atoms with Gasteiger partial charge in [0, 0.05) is 24.2 Å². The van der Waals surface area contributed by atoms with Gasteiger partial charge in [0.2, 0.25) is 5.91 Å². The Balaban J connectivity index is 2.21. The molecule has 1 aromatic carbocycles. The van der Waals surface area contributed by atoms with Gasteiger partial charge in [-0.15, -0.1) is 0 Å². The molecule has 0 bridgehead atoms. The largest absolute Gasteiger partial charge is 0.343 e. The van der Waals surface area contributed by atoms with Crippen LogP contribution in [0.1, 0.15) is 43.9 Å². The Labute approximate surface area is 141 Å². The maximum absolute atomic E-state index is 14.6. The number of hydrogen-bond donors (Lipinski definition) is 0. The van der Waals surface area contributed by atoms with Crippen LogP contribution in [0, 0.1) is 5.82 Å². The second kappa shape index (κ2) is 6.91. The topological polar surface area (TPSA) is 25.2 Å². The summed E-state index contributed by atoms with van der Waals surface area (Å²) in [7, 11) is 0. The lowest BCUT2D eigenvalue weighted by Crippen LogP contribution is -2.36. The molecule has 0 fully saturated rings. The zero-order valence-electron chi connectivity index (χ0n) is 14.3. The first-order chi connectivity index (χ1) is 11.6. The fraction of sp³-hybridized carbons (Fsp3) is 0.526. The van der Waals surface area contributed by atoms with Crippen LogP contribution >= 0.6 is 0 Å². The van der Waals surface area contributed by atoms with Crippen molar-refractivity contribution in [3.8, 4) is 0 Å². The van der Waals surface area contributed by atoms with Crippen LogP contribution in [-0.4, -0.2) is 35.1 Å². The standard InChI is InChI=1S/C19H24F2N2O/c1-3-22(4-2)19(24)13-7-5-9-15-17(13)18-14(21)8-6-10-16(18)23(15)12-11-20/h6,8,10,13H,3-5,7,9,11-12H2,1-2H3/i20-1. The van der Waals surface area contributed by atoms with Crippen molar-refractivity contribution >= 4 is 16.8 Å². The smallest absolute Gasteiger partial charge is 0.230 e. The minimum atomic E-state index is -0.499. The minimum absolute atomic E-state index is 0.0588. The Morgan fingerprint density at radius 1 is 1.33 bits per heavy atom. The van der Waals surface area contributed by atoms with E-state index in [2.05, 4.69) is 0 Å². The quantitative estimate of drug-likeness (QED) is 0.811. The van der Waals surface area contributed by atoms with Crippen LogP contribution in [0.2, 0.25) is 0 Å². The first-order valence-electron chi connectivity index (χ1n) is 8.78. The van der Waals surface area contributed by atoms with E-state index in [9.17, 15) is 13.6 Å². The summed E-state index contributed by atoms with van der Waals surface area (Å²) in [6, 6.07) is 4.90. The maximum atomic E-state index is 14.6. The lowest BCUT2D eigenvalue weighted by molar-refractivity contribution is -0.132. The predicted octanol–water partition coefficient (Wildman–Crippen LogP) is 4.04. The molecular weight excluding hydrogens is 309 g/mol. The Morgan fingerprint density at radius 3 is 2.75 bits per heavy atom. The second-order valence-electron chi connectivity index (χ2n) is 6.29. The van der Waals surface area contributed by atoms with Gasteiger partial charge in [-0.25, -0.2) is 8.78 Å². The van der Waals surface area contributed by atoms with E-state index in [1.165, 1.54) is 6.07 Å². The van der Waals surface area contributed by atoms with Crippen LogP contribution < -0.4 is 0 Å². The van der Waals surface area contributed by atoms with Crippen LogP contribution in [0.4, 0.5) is 8.78 Å². The van der Waals surface area contributed by atoms with E-state index >= 15 is 0 Å². The third-order valence-electron chi connectivity index (χ3n) is 5.12. The summed E-state index contributed by atoms with van der Waals surface area (Å²) >= 11 is 0. The van der Waals surface area contributed by atoms with Gasteiger partial charge in [0.05, 0.1) is 18.0 Å². The van der Waals surface area contributed by atoms with E-state index in [-0.39, 0.29) is 24.2 Å². The van der Waals surface area contributed by atoms with E-state index in [4.69, 9.17) is 0 Å². The number of nitrogens with zero attached hydrogens (tertiary/aromatic N) is 2. The van der Waals surface area contributed by atoms with E-state index in [0.717, 1.165) is 30.5 Å². The minimum Gasteiger partial charge on any atom is -0.343 e. The lowest BCUT2D eigenvalue weighted by atomic mass is 9.84. The number of rotatable bonds is 5. The van der Waals surface area contributed by atoms with Crippen LogP contribution in [0.15, 0.2) is 18.2 Å². The number of likely N-dealkylation sites (N-methyl/N-ethyl adjacent to an activating group) is 1. The predicted molar refractivity (Wildman–Crippen MR) is 91.5 cm³/mol. The maximum Gasteiger partial charge on any atom is 0.230 e. The van der Waals surface area contributed by atoms with Crippen molar-refractivity contribution in [2.24, 2.45) is 0 Å². The number of aromatic nitrogens is 1. The number of halogens is 2. The molecule has 0 aliphatic heterocycles. The average Bonchev–Trinajstić information content (AvgIpc) is 2.92. The highest BCUT2D eigenvalue weighted by molar-refractivity contribution is 5.94. The van der Waals surface area contributed by atoms with Gasteiger partial charge in [-0.1, -0.05) is 6.07 Å². The normalized spacial score (nSPS) is 17.1. The number of aryl methyl sites for hydroxylation is 1. The molecule has 5 heteroatoms. The molecule has 0 saturated heterocycles. The van der Waals surface area contributed by atoms with Crippen LogP contribution in [0.5, 0.6) is 0 Å². The molecule has 3 nitrogen and oxygen atoms in total. The summed E-state index contributed by atoms with van der Waals surface area (Å²) in [5.41, 5.74) is 2.43. The van der Waals surface area contributed by atoms with E-state index < -0.39 is 6.67 Å². The Hall–Kier alpha value is -1.91. The van der Waals surface area contributed by atoms with Crippen molar-refractivity contribution < 1.29 is 13.6 Å². The van der Waals surface area contributed by atoms with Crippen LogP contribution in [0.25, 0.3) is 10.9 Å². The highest BCUT2D eigenvalue weighted by Gasteiger charge is 2.34. The molecule has 130 valence electrons. The summed E-state index contributed by atoms with van der Waals surface area (Å²) in [5, 5.41) is 0.506. The fourth-order valence-electron chi connectivity index (χ4n) is 4.04. The first kappa shape index (κ1) is 16.9. The number of benzene rings is 1. The molecule has 1 aromatic heterocycles. The van der Waals surface area contributed by atoms with Gasteiger partial charge in [-0.3, -0.25) is 4.79 Å². The average molecular weight is 333 g/mol. The molecule has 0 spiro atoms. The molecule has 1 unspecified atom stereocenters. The second-order valence-corrected chi connectivity index (χ2v) is 6.29. The summed E-state index contributed by atoms with van der Waals surface area (Å²) in [6.45, 7) is 4.92. The Morgan fingerprint density at radius 2 is 2.08 bits per heavy atom. The molecular formula is C19H24F2N2O. The molecule has 0 saturated carbocycles. The van der Waals surface area contributed by atoms with Crippen molar-refractivity contribution in [2.45, 2.75) is 45.6 Å². The molecule has 1 amide bonds. The van der Waals surface area contributed by atoms with Crippen molar-refractivity contribution in [1.29, 1.82) is 0 Å². The van der Waals surface area contributed by atoms with Crippen molar-refractivity contribution in [3.05, 3.63) is 35.3 Å². The molecule has 1 aliphatic carbocycles. The summed E-state index contributed by atoms with van der Waals surface area (Å²) in [6.07, 6.45) is 2.37. The van der Waals surface area contributed by atoms with Crippen LogP contribution in [-0.2, 0) is 17.8 Å². The number of alkyl halides is 1. The van der Waals surface area contributed by atoms with E-state index in [1.807, 2.05) is 24.5 Å². The van der Waals surface area contributed by atoms with Gasteiger partial charge in [0.15, 0.2) is 0 Å². The highest BCUT2D eigenvalue weighted by atomic mass is 19.1. The van der Waals surface area contributed by atoms with Gasteiger partial charge in [-0.2, -0.15) is 0 Å². The van der Waals surface area contributed by atoms with Gasteiger partial charge < -0.3 is 9.47 Å². The lowest BCUT2D eigenvalue weighted by Gasteiger charge is -2.29. The van der Waals surface area contributed by atoms with Crippen molar-refractivity contribution in [1.82, 2.24) is 9.47 Å². The fourth-order valence-corrected chi connectivity index (χ4v) is 4.04. The molecule has 1 aliphatic rings. The number of amides is 1. The summed E-state index contributed by atoms with van der Waals surface area (Å²) in [4.78, 5) is 14.8. The molecule has 2 aromatic rings. The molecule has 0 N–H and O–H groups in total. The third kappa shape index (κ3) is 2.60. The third-order valence-corrected chi connectivity index (χ3v) is 5.12. The molecule has 3 rings (SSSR count). The Bertz CT molecular complexity index is 749. The van der Waals surface area contributed by atoms with Gasteiger partial charge in [-0.05, 0) is 50.8 Å². The SMILES string of the molecule is CCN(CC)C(=O)C1CCCc2c1c1c(F)cccc1n2CC[18F]. The van der Waals surface area contributed by atoms with Crippen molar-refractivity contribution in [2.75, 3.05) is 19.8 Å². The monoisotopic (exact) mass is 333 g/mol. The zero-order chi connectivity index (χ0) is 17.3. The molecule has 0 radical (unpaired) electrons. The summed E-state index contributed by atoms with van der Waals surface area (Å²) < 4.78 is 29.5. The van der Waals surface area contributed by atoms with Crippen LogP contribution in [0.3, 0.4) is 0 Å². The summed E-state index contributed by atoms with van der Waals surface area (Å²) in [5.74, 6) is -0.585. The van der Waals surface area contributed by atoms with Gasteiger partial charge in [0.25, 0.3) is 0 Å². The van der Waals surface area contributed by atoms with Crippen molar-refractivity contribution in [3.63, 3.8) is 0 Å². The molecule has 24 heavy (non-hydrogen) atoms. The van der Waals surface area contributed by atoms with E-state index in [1.54, 1.807) is 11.0 Å².